The summed E-state index contributed by atoms with van der Waals surface area (Å²) >= 11 is 0. The van der Waals surface area contributed by atoms with Crippen LogP contribution in [0.15, 0.2) is 66.7 Å². The van der Waals surface area contributed by atoms with Gasteiger partial charge in [-0.15, -0.1) is 0 Å². The minimum absolute atomic E-state index is 0.0443. The summed E-state index contributed by atoms with van der Waals surface area (Å²) in [4.78, 5) is 0. The average molecular weight is 455 g/mol. The van der Waals surface area contributed by atoms with Crippen LogP contribution >= 0.6 is 0 Å². The molecule has 0 amide bonds. The van der Waals surface area contributed by atoms with Crippen LogP contribution in [0, 0.1) is 0 Å². The second kappa shape index (κ2) is 13.4. The van der Waals surface area contributed by atoms with Gasteiger partial charge >= 0.3 is 0 Å². The average Bonchev–Trinajstić information content (AvgIpc) is 2.87. The first-order valence-corrected chi connectivity index (χ1v) is 10.9. The third-order valence-corrected chi connectivity index (χ3v) is 4.76. The summed E-state index contributed by atoms with van der Waals surface area (Å²) < 4.78 is 22.5. The summed E-state index contributed by atoms with van der Waals surface area (Å²) in [6.07, 6.45) is 0. The third-order valence-electron chi connectivity index (χ3n) is 4.76. The molecule has 0 atom stereocenters. The van der Waals surface area contributed by atoms with Crippen LogP contribution in [0.3, 0.4) is 0 Å². The van der Waals surface area contributed by atoms with Crippen molar-refractivity contribution in [3.8, 4) is 39.5 Å². The van der Waals surface area contributed by atoms with Gasteiger partial charge in [0, 0.05) is 0 Å². The zero-order valence-electron chi connectivity index (χ0n) is 18.5. The van der Waals surface area contributed by atoms with E-state index in [9.17, 15) is 0 Å². The van der Waals surface area contributed by atoms with Crippen molar-refractivity contribution < 1.29 is 34.3 Å². The van der Waals surface area contributed by atoms with E-state index < -0.39 is 0 Å². The maximum atomic E-state index is 9.15. The van der Waals surface area contributed by atoms with Gasteiger partial charge in [0.2, 0.25) is 0 Å². The molecule has 0 spiro atoms. The number of rotatable bonds is 14. The molecule has 3 aromatic rings. The van der Waals surface area contributed by atoms with Crippen LogP contribution in [0.5, 0.6) is 17.2 Å². The van der Waals surface area contributed by atoms with E-state index in [-0.39, 0.29) is 46.2 Å². The van der Waals surface area contributed by atoms with Crippen molar-refractivity contribution in [1.82, 2.24) is 0 Å². The van der Waals surface area contributed by atoms with Gasteiger partial charge in [0.05, 0.1) is 33.0 Å². The van der Waals surface area contributed by atoms with Crippen molar-refractivity contribution in [2.75, 3.05) is 52.9 Å². The van der Waals surface area contributed by atoms with E-state index in [1.165, 1.54) is 0 Å². The molecule has 0 saturated heterocycles. The van der Waals surface area contributed by atoms with E-state index >= 15 is 0 Å². The highest BCUT2D eigenvalue weighted by atomic mass is 16.5. The zero-order valence-corrected chi connectivity index (χ0v) is 18.5. The van der Waals surface area contributed by atoms with Gasteiger partial charge in [0.1, 0.15) is 25.6 Å². The van der Waals surface area contributed by atoms with E-state index in [1.54, 1.807) is 0 Å². The van der Waals surface area contributed by atoms with E-state index in [0.29, 0.717) is 23.9 Å². The summed E-state index contributed by atoms with van der Waals surface area (Å²) in [5, 5.41) is 27.1. The molecule has 176 valence electrons. The SMILES string of the molecule is OCCOCCOc1cc(-c2cc(OCCO)ccc2-c2ccccc2)ccc1OCCO. The Morgan fingerprint density at radius 3 is 2.00 bits per heavy atom. The smallest absolute Gasteiger partial charge is 0.161 e. The molecule has 0 heterocycles. The Balaban J connectivity index is 1.97. The summed E-state index contributed by atoms with van der Waals surface area (Å²) in [6, 6.07) is 21.5. The monoisotopic (exact) mass is 454 g/mol. The van der Waals surface area contributed by atoms with Gasteiger partial charge in [-0.25, -0.2) is 0 Å². The predicted octanol–water partition coefficient (Wildman–Crippen LogP) is 3.15. The molecule has 0 aliphatic rings. The van der Waals surface area contributed by atoms with Crippen LogP contribution < -0.4 is 14.2 Å². The Labute approximate surface area is 193 Å². The first-order valence-electron chi connectivity index (χ1n) is 10.9. The van der Waals surface area contributed by atoms with Crippen LogP contribution in [0.4, 0.5) is 0 Å². The topological polar surface area (TPSA) is 97.6 Å². The number of hydrogen-bond donors (Lipinski definition) is 3. The van der Waals surface area contributed by atoms with Gasteiger partial charge < -0.3 is 34.3 Å². The van der Waals surface area contributed by atoms with Crippen LogP contribution in [-0.4, -0.2) is 68.2 Å². The third kappa shape index (κ3) is 7.20. The van der Waals surface area contributed by atoms with E-state index in [4.69, 9.17) is 34.3 Å². The normalized spacial score (nSPS) is 10.8. The number of aliphatic hydroxyl groups is 3. The van der Waals surface area contributed by atoms with Crippen molar-refractivity contribution >= 4 is 0 Å². The van der Waals surface area contributed by atoms with Gasteiger partial charge in [-0.3, -0.25) is 0 Å². The zero-order chi connectivity index (χ0) is 23.3. The lowest BCUT2D eigenvalue weighted by Crippen LogP contribution is -2.10. The molecule has 0 aliphatic carbocycles. The molecule has 0 unspecified atom stereocenters. The lowest BCUT2D eigenvalue weighted by molar-refractivity contribution is 0.0695. The second-order valence-electron chi connectivity index (χ2n) is 7.06. The standard InChI is InChI=1S/C26H30O7/c27-10-13-30-16-17-33-26-18-21(6-9-25(26)32-15-12-29)24-19-22(31-14-11-28)7-8-23(24)20-4-2-1-3-5-20/h1-9,18-19,27-29H,10-17H2. The van der Waals surface area contributed by atoms with Gasteiger partial charge in [-0.1, -0.05) is 42.5 Å². The largest absolute Gasteiger partial charge is 0.491 e. The lowest BCUT2D eigenvalue weighted by Gasteiger charge is -2.17. The molecule has 0 saturated carbocycles. The molecule has 3 rings (SSSR count). The van der Waals surface area contributed by atoms with Crippen molar-refractivity contribution in [2.45, 2.75) is 0 Å². The molecule has 3 N–H and O–H groups in total. The Bertz CT molecular complexity index is 976. The Morgan fingerprint density at radius 1 is 0.515 bits per heavy atom. The van der Waals surface area contributed by atoms with Crippen molar-refractivity contribution in [1.29, 1.82) is 0 Å². The summed E-state index contributed by atoms with van der Waals surface area (Å²) in [7, 11) is 0. The molecular formula is C26H30O7. The Hall–Kier alpha value is -3.10. The molecule has 0 bridgehead atoms. The highest BCUT2D eigenvalue weighted by Gasteiger charge is 2.14. The maximum Gasteiger partial charge on any atom is 0.161 e. The van der Waals surface area contributed by atoms with E-state index in [2.05, 4.69) is 0 Å². The number of ether oxygens (including phenoxy) is 4. The fourth-order valence-electron chi connectivity index (χ4n) is 3.33. The number of aliphatic hydroxyl groups excluding tert-OH is 3. The van der Waals surface area contributed by atoms with Gasteiger partial charge in [0.25, 0.3) is 0 Å². The Morgan fingerprint density at radius 2 is 1.24 bits per heavy atom. The summed E-state index contributed by atoms with van der Waals surface area (Å²) in [6.45, 7) is 0.993. The minimum atomic E-state index is -0.108. The Kier molecular flexibility index (Phi) is 10.0. The van der Waals surface area contributed by atoms with Crippen molar-refractivity contribution in [3.63, 3.8) is 0 Å². The second-order valence-corrected chi connectivity index (χ2v) is 7.06. The van der Waals surface area contributed by atoms with Gasteiger partial charge in [-0.2, -0.15) is 0 Å². The highest BCUT2D eigenvalue weighted by molar-refractivity contribution is 5.85. The fraction of sp³-hybridized carbons (Fsp3) is 0.308. The van der Waals surface area contributed by atoms with Crippen molar-refractivity contribution in [2.24, 2.45) is 0 Å². The van der Waals surface area contributed by atoms with Gasteiger partial charge in [0.15, 0.2) is 11.5 Å². The molecule has 0 aromatic heterocycles. The molecular weight excluding hydrogens is 424 g/mol. The van der Waals surface area contributed by atoms with E-state index in [0.717, 1.165) is 22.3 Å². The molecule has 7 heteroatoms. The molecule has 3 aromatic carbocycles. The predicted molar refractivity (Wildman–Crippen MR) is 126 cm³/mol. The molecule has 0 radical (unpaired) electrons. The lowest BCUT2D eigenvalue weighted by atomic mass is 9.94. The maximum absolute atomic E-state index is 9.15. The number of benzene rings is 3. The van der Waals surface area contributed by atoms with Gasteiger partial charge in [-0.05, 0) is 46.5 Å². The summed E-state index contributed by atoms with van der Waals surface area (Å²) in [5.74, 6) is 1.69. The number of hydrogen-bond acceptors (Lipinski definition) is 7. The van der Waals surface area contributed by atoms with Crippen LogP contribution in [-0.2, 0) is 4.74 Å². The molecule has 7 nitrogen and oxygen atoms in total. The van der Waals surface area contributed by atoms with Crippen LogP contribution in [0.2, 0.25) is 0 Å². The molecule has 0 aliphatic heterocycles. The highest BCUT2D eigenvalue weighted by Crippen LogP contribution is 2.39. The molecule has 33 heavy (non-hydrogen) atoms. The fourth-order valence-corrected chi connectivity index (χ4v) is 3.33. The minimum Gasteiger partial charge on any atom is -0.491 e. The van der Waals surface area contributed by atoms with Crippen LogP contribution in [0.25, 0.3) is 22.3 Å². The first kappa shape index (κ1) is 24.5. The quantitative estimate of drug-likeness (QED) is 0.322. The summed E-state index contributed by atoms with van der Waals surface area (Å²) in [5.41, 5.74) is 3.91. The molecule has 0 fully saturated rings. The van der Waals surface area contributed by atoms with Crippen LogP contribution in [0.1, 0.15) is 0 Å². The first-order chi connectivity index (χ1) is 16.3. The van der Waals surface area contributed by atoms with Crippen molar-refractivity contribution in [3.05, 3.63) is 66.7 Å². The van der Waals surface area contributed by atoms with E-state index in [1.807, 2.05) is 66.7 Å².